The SMILES string of the molecule is CCCCOCCC(=O)C1(c2ccccc2)CC1. The molecule has 1 aliphatic rings. The first kappa shape index (κ1) is 13.3. The van der Waals surface area contributed by atoms with Crippen LogP contribution in [0.3, 0.4) is 0 Å². The van der Waals surface area contributed by atoms with Crippen molar-refractivity contribution in [1.29, 1.82) is 0 Å². The first-order valence-electron chi connectivity index (χ1n) is 6.96. The molecular formula is C16H22O2. The number of carbonyl (C=O) groups is 1. The van der Waals surface area contributed by atoms with E-state index < -0.39 is 0 Å². The standard InChI is InChI=1S/C16H22O2/c1-2-3-12-18-13-9-15(17)16(10-11-16)14-7-5-4-6-8-14/h4-8H,2-3,9-13H2,1H3. The maximum atomic E-state index is 12.3. The van der Waals surface area contributed by atoms with Gasteiger partial charge in [0.2, 0.25) is 0 Å². The summed E-state index contributed by atoms with van der Waals surface area (Å²) >= 11 is 0. The summed E-state index contributed by atoms with van der Waals surface area (Å²) in [6.45, 7) is 3.50. The molecule has 0 spiro atoms. The molecule has 1 saturated carbocycles. The molecule has 0 saturated heterocycles. The number of Topliss-reactive ketones (excluding diaryl/α,β-unsaturated/α-hetero) is 1. The number of unbranched alkanes of at least 4 members (excludes halogenated alkanes) is 1. The van der Waals surface area contributed by atoms with Crippen molar-refractivity contribution in [2.24, 2.45) is 0 Å². The Kier molecular flexibility index (Phi) is 4.54. The fourth-order valence-corrected chi connectivity index (χ4v) is 2.36. The van der Waals surface area contributed by atoms with Gasteiger partial charge in [-0.2, -0.15) is 0 Å². The molecule has 2 rings (SSSR count). The second kappa shape index (κ2) is 6.14. The number of rotatable bonds is 8. The maximum Gasteiger partial charge on any atom is 0.145 e. The molecule has 0 aromatic heterocycles. The van der Waals surface area contributed by atoms with Crippen LogP contribution in [-0.4, -0.2) is 19.0 Å². The first-order chi connectivity index (χ1) is 8.79. The van der Waals surface area contributed by atoms with Gasteiger partial charge < -0.3 is 4.74 Å². The van der Waals surface area contributed by atoms with Crippen LogP contribution in [0.25, 0.3) is 0 Å². The number of ketones is 1. The van der Waals surface area contributed by atoms with Gasteiger partial charge in [0.05, 0.1) is 12.0 Å². The first-order valence-corrected chi connectivity index (χ1v) is 6.96. The molecule has 0 unspecified atom stereocenters. The van der Waals surface area contributed by atoms with E-state index in [0.29, 0.717) is 18.8 Å². The summed E-state index contributed by atoms with van der Waals surface area (Å²) in [5.74, 6) is 0.352. The van der Waals surface area contributed by atoms with E-state index in [1.165, 1.54) is 5.56 Å². The molecule has 0 radical (unpaired) electrons. The number of carbonyl (C=O) groups excluding carboxylic acids is 1. The van der Waals surface area contributed by atoms with Crippen molar-refractivity contribution in [3.8, 4) is 0 Å². The quantitative estimate of drug-likeness (QED) is 0.656. The normalized spacial score (nSPS) is 16.5. The summed E-state index contributed by atoms with van der Waals surface area (Å²) in [6, 6.07) is 10.2. The average Bonchev–Trinajstić information content (AvgIpc) is 3.21. The lowest BCUT2D eigenvalue weighted by atomic mass is 9.90. The summed E-state index contributed by atoms with van der Waals surface area (Å²) in [4.78, 5) is 12.3. The Balaban J connectivity index is 1.82. The van der Waals surface area contributed by atoms with Gasteiger partial charge in [0, 0.05) is 13.0 Å². The van der Waals surface area contributed by atoms with Crippen molar-refractivity contribution >= 4 is 5.78 Å². The Morgan fingerprint density at radius 2 is 1.94 bits per heavy atom. The zero-order valence-corrected chi connectivity index (χ0v) is 11.2. The molecule has 0 aliphatic heterocycles. The van der Waals surface area contributed by atoms with Gasteiger partial charge in [-0.1, -0.05) is 43.7 Å². The molecule has 1 aromatic rings. The molecule has 18 heavy (non-hydrogen) atoms. The minimum atomic E-state index is -0.171. The number of hydrogen-bond donors (Lipinski definition) is 0. The van der Waals surface area contributed by atoms with E-state index in [1.54, 1.807) is 0 Å². The molecule has 0 atom stereocenters. The lowest BCUT2D eigenvalue weighted by Gasteiger charge is -2.14. The van der Waals surface area contributed by atoms with Crippen molar-refractivity contribution in [2.45, 2.75) is 44.4 Å². The highest BCUT2D eigenvalue weighted by Crippen LogP contribution is 2.49. The zero-order valence-electron chi connectivity index (χ0n) is 11.2. The molecule has 2 heteroatoms. The van der Waals surface area contributed by atoms with Crippen molar-refractivity contribution in [1.82, 2.24) is 0 Å². The summed E-state index contributed by atoms with van der Waals surface area (Å²) in [5, 5.41) is 0. The van der Waals surface area contributed by atoms with Crippen LogP contribution in [-0.2, 0) is 14.9 Å². The topological polar surface area (TPSA) is 26.3 Å². The molecule has 0 N–H and O–H groups in total. The lowest BCUT2D eigenvalue weighted by molar-refractivity contribution is -0.122. The molecule has 0 bridgehead atoms. The minimum absolute atomic E-state index is 0.171. The van der Waals surface area contributed by atoms with E-state index in [0.717, 1.165) is 32.3 Å². The Bertz CT molecular complexity index is 379. The maximum absolute atomic E-state index is 12.3. The van der Waals surface area contributed by atoms with E-state index in [-0.39, 0.29) is 5.41 Å². The van der Waals surface area contributed by atoms with Gasteiger partial charge in [0.1, 0.15) is 5.78 Å². The van der Waals surface area contributed by atoms with Crippen LogP contribution in [0.1, 0.15) is 44.6 Å². The molecule has 1 aromatic carbocycles. The Hall–Kier alpha value is -1.15. The molecule has 2 nitrogen and oxygen atoms in total. The molecule has 0 heterocycles. The minimum Gasteiger partial charge on any atom is -0.381 e. The predicted molar refractivity (Wildman–Crippen MR) is 72.7 cm³/mol. The van der Waals surface area contributed by atoms with Crippen LogP contribution in [0.15, 0.2) is 30.3 Å². The number of benzene rings is 1. The summed E-state index contributed by atoms with van der Waals surface area (Å²) in [7, 11) is 0. The van der Waals surface area contributed by atoms with Gasteiger partial charge >= 0.3 is 0 Å². The monoisotopic (exact) mass is 246 g/mol. The Morgan fingerprint density at radius 3 is 2.56 bits per heavy atom. The third-order valence-corrected chi connectivity index (χ3v) is 3.73. The molecule has 0 amide bonds. The third-order valence-electron chi connectivity index (χ3n) is 3.73. The molecular weight excluding hydrogens is 224 g/mol. The highest BCUT2D eigenvalue weighted by molar-refractivity contribution is 5.93. The van der Waals surface area contributed by atoms with E-state index in [1.807, 2.05) is 18.2 Å². The average molecular weight is 246 g/mol. The predicted octanol–water partition coefficient (Wildman–Crippen LogP) is 3.49. The fourth-order valence-electron chi connectivity index (χ4n) is 2.36. The fraction of sp³-hybridized carbons (Fsp3) is 0.562. The van der Waals surface area contributed by atoms with Gasteiger partial charge in [0.15, 0.2) is 0 Å². The lowest BCUT2D eigenvalue weighted by Crippen LogP contribution is -2.21. The molecule has 1 aliphatic carbocycles. The van der Waals surface area contributed by atoms with Crippen LogP contribution in [0.2, 0.25) is 0 Å². The van der Waals surface area contributed by atoms with E-state index in [4.69, 9.17) is 4.74 Å². The largest absolute Gasteiger partial charge is 0.381 e. The number of hydrogen-bond acceptors (Lipinski definition) is 2. The van der Waals surface area contributed by atoms with Gasteiger partial charge in [-0.05, 0) is 24.8 Å². The summed E-state index contributed by atoms with van der Waals surface area (Å²) in [6.07, 6.45) is 4.79. The van der Waals surface area contributed by atoms with Crippen molar-refractivity contribution in [2.75, 3.05) is 13.2 Å². The molecule has 1 fully saturated rings. The van der Waals surface area contributed by atoms with E-state index in [2.05, 4.69) is 19.1 Å². The van der Waals surface area contributed by atoms with Gasteiger partial charge in [-0.3, -0.25) is 4.79 Å². The number of ether oxygens (including phenoxy) is 1. The van der Waals surface area contributed by atoms with Crippen LogP contribution in [0.5, 0.6) is 0 Å². The van der Waals surface area contributed by atoms with E-state index in [9.17, 15) is 4.79 Å². The van der Waals surface area contributed by atoms with Gasteiger partial charge in [-0.15, -0.1) is 0 Å². The van der Waals surface area contributed by atoms with E-state index >= 15 is 0 Å². The second-order valence-electron chi connectivity index (χ2n) is 5.09. The summed E-state index contributed by atoms with van der Waals surface area (Å²) in [5.41, 5.74) is 1.01. The smallest absolute Gasteiger partial charge is 0.145 e. The van der Waals surface area contributed by atoms with Gasteiger partial charge in [-0.25, -0.2) is 0 Å². The molecule has 98 valence electrons. The van der Waals surface area contributed by atoms with Crippen molar-refractivity contribution < 1.29 is 9.53 Å². The third kappa shape index (κ3) is 2.99. The zero-order chi connectivity index (χ0) is 12.8. The Labute approximate surface area is 109 Å². The van der Waals surface area contributed by atoms with Crippen LogP contribution < -0.4 is 0 Å². The highest BCUT2D eigenvalue weighted by Gasteiger charge is 2.49. The highest BCUT2D eigenvalue weighted by atomic mass is 16.5. The second-order valence-corrected chi connectivity index (χ2v) is 5.09. The van der Waals surface area contributed by atoms with Crippen molar-refractivity contribution in [3.63, 3.8) is 0 Å². The van der Waals surface area contributed by atoms with Crippen LogP contribution >= 0.6 is 0 Å². The Morgan fingerprint density at radius 1 is 1.22 bits per heavy atom. The van der Waals surface area contributed by atoms with Crippen molar-refractivity contribution in [3.05, 3.63) is 35.9 Å². The van der Waals surface area contributed by atoms with Gasteiger partial charge in [0.25, 0.3) is 0 Å². The van der Waals surface area contributed by atoms with Crippen LogP contribution in [0, 0.1) is 0 Å². The van der Waals surface area contributed by atoms with Crippen LogP contribution in [0.4, 0.5) is 0 Å². The summed E-state index contributed by atoms with van der Waals surface area (Å²) < 4.78 is 5.48.